The van der Waals surface area contributed by atoms with Gasteiger partial charge in [-0.1, -0.05) is 24.3 Å². The lowest BCUT2D eigenvalue weighted by atomic mass is 10.1. The van der Waals surface area contributed by atoms with Crippen LogP contribution in [0.4, 0.5) is 5.69 Å². The highest BCUT2D eigenvalue weighted by atomic mass is 16.6. The molecule has 2 aromatic carbocycles. The minimum atomic E-state index is -1.25. The van der Waals surface area contributed by atoms with Gasteiger partial charge in [-0.15, -0.1) is 0 Å². The maximum absolute atomic E-state index is 12.0. The summed E-state index contributed by atoms with van der Waals surface area (Å²) in [5.41, 5.74) is 4.24. The molecular formula is C20H15N4O5-. The highest BCUT2D eigenvalue weighted by molar-refractivity contribution is 5.86. The fourth-order valence-electron chi connectivity index (χ4n) is 2.67. The van der Waals surface area contributed by atoms with Gasteiger partial charge < -0.3 is 14.5 Å². The van der Waals surface area contributed by atoms with E-state index in [1.165, 1.54) is 36.5 Å². The summed E-state index contributed by atoms with van der Waals surface area (Å²) in [6.45, 7) is 0. The second kappa shape index (κ2) is 8.61. The van der Waals surface area contributed by atoms with E-state index in [0.717, 1.165) is 0 Å². The van der Waals surface area contributed by atoms with Crippen LogP contribution in [-0.2, 0) is 11.2 Å². The van der Waals surface area contributed by atoms with Gasteiger partial charge in [0.25, 0.3) is 5.69 Å². The number of nitro benzene ring substituents is 1. The molecule has 0 saturated carbocycles. The van der Waals surface area contributed by atoms with E-state index in [2.05, 4.69) is 10.5 Å². The first-order chi connectivity index (χ1) is 13.9. The molecule has 9 heteroatoms. The Balaban J connectivity index is 1.65. The largest absolute Gasteiger partial charge is 0.545 e. The van der Waals surface area contributed by atoms with Crippen LogP contribution in [-0.4, -0.2) is 27.6 Å². The number of hydrogen-bond acceptors (Lipinski definition) is 6. The number of nitrogens with zero attached hydrogens (tertiary/aromatic N) is 3. The van der Waals surface area contributed by atoms with E-state index in [0.29, 0.717) is 16.9 Å². The Labute approximate surface area is 165 Å². The molecule has 0 unspecified atom stereocenters. The van der Waals surface area contributed by atoms with Crippen LogP contribution in [0.3, 0.4) is 0 Å². The molecule has 0 aliphatic heterocycles. The molecule has 3 aromatic rings. The molecule has 0 spiro atoms. The molecule has 0 bridgehead atoms. The number of carbonyl (C=O) groups is 2. The summed E-state index contributed by atoms with van der Waals surface area (Å²) >= 11 is 0. The van der Waals surface area contributed by atoms with Crippen LogP contribution in [0.5, 0.6) is 0 Å². The Morgan fingerprint density at radius 1 is 1.10 bits per heavy atom. The summed E-state index contributed by atoms with van der Waals surface area (Å²) in [7, 11) is 0. The fraction of sp³-hybridized carbons (Fsp3) is 0.0500. The van der Waals surface area contributed by atoms with Crippen molar-refractivity contribution in [2.75, 3.05) is 0 Å². The van der Waals surface area contributed by atoms with Crippen molar-refractivity contribution in [1.82, 2.24) is 9.99 Å². The van der Waals surface area contributed by atoms with Gasteiger partial charge in [0.1, 0.15) is 0 Å². The summed E-state index contributed by atoms with van der Waals surface area (Å²) in [5.74, 6) is -1.67. The molecule has 29 heavy (non-hydrogen) atoms. The third-order valence-electron chi connectivity index (χ3n) is 4.03. The number of amides is 1. The van der Waals surface area contributed by atoms with Gasteiger partial charge >= 0.3 is 0 Å². The number of carboxylic acid groups (broad SMARTS) is 1. The van der Waals surface area contributed by atoms with Crippen LogP contribution in [0, 0.1) is 10.1 Å². The lowest BCUT2D eigenvalue weighted by Gasteiger charge is -2.08. The summed E-state index contributed by atoms with van der Waals surface area (Å²) < 4.78 is 1.76. The zero-order chi connectivity index (χ0) is 20.8. The molecule has 0 atom stereocenters. The van der Waals surface area contributed by atoms with E-state index in [9.17, 15) is 24.8 Å². The van der Waals surface area contributed by atoms with Crippen LogP contribution >= 0.6 is 0 Å². The number of hydrogen-bond donors (Lipinski definition) is 1. The number of non-ortho nitro benzene ring substituents is 1. The maximum Gasteiger partial charge on any atom is 0.269 e. The van der Waals surface area contributed by atoms with Crippen LogP contribution in [0.25, 0.3) is 5.69 Å². The molecule has 0 fully saturated rings. The molecule has 1 aromatic heterocycles. The molecular weight excluding hydrogens is 376 g/mol. The Kier molecular flexibility index (Phi) is 5.79. The Morgan fingerprint density at radius 3 is 2.55 bits per heavy atom. The van der Waals surface area contributed by atoms with Crippen molar-refractivity contribution in [1.29, 1.82) is 0 Å². The van der Waals surface area contributed by atoms with Gasteiger partial charge in [-0.25, -0.2) is 5.43 Å². The van der Waals surface area contributed by atoms with E-state index in [1.54, 1.807) is 41.1 Å². The smallest absolute Gasteiger partial charge is 0.269 e. The third-order valence-corrected chi connectivity index (χ3v) is 4.03. The monoisotopic (exact) mass is 391 g/mol. The predicted molar refractivity (Wildman–Crippen MR) is 103 cm³/mol. The molecule has 0 aliphatic carbocycles. The van der Waals surface area contributed by atoms with E-state index in [-0.39, 0.29) is 17.7 Å². The van der Waals surface area contributed by atoms with Crippen molar-refractivity contribution < 1.29 is 19.6 Å². The summed E-state index contributed by atoms with van der Waals surface area (Å²) in [6.07, 6.45) is 3.16. The third kappa shape index (κ3) is 4.92. The minimum Gasteiger partial charge on any atom is -0.545 e. The van der Waals surface area contributed by atoms with Gasteiger partial charge in [-0.05, 0) is 35.4 Å². The Bertz CT molecular complexity index is 1090. The van der Waals surface area contributed by atoms with Gasteiger partial charge in [0.05, 0.1) is 29.2 Å². The van der Waals surface area contributed by atoms with Crippen LogP contribution in [0.15, 0.2) is 72.0 Å². The molecule has 0 aliphatic rings. The molecule has 1 heterocycles. The average Bonchev–Trinajstić information content (AvgIpc) is 3.16. The van der Waals surface area contributed by atoms with Crippen LogP contribution in [0.1, 0.15) is 21.6 Å². The van der Waals surface area contributed by atoms with E-state index in [4.69, 9.17) is 0 Å². The number of carbonyl (C=O) groups excluding carboxylic acids is 2. The van der Waals surface area contributed by atoms with Crippen molar-refractivity contribution in [2.24, 2.45) is 5.10 Å². The number of benzene rings is 2. The quantitative estimate of drug-likeness (QED) is 0.370. The van der Waals surface area contributed by atoms with Gasteiger partial charge in [-0.2, -0.15) is 5.10 Å². The predicted octanol–water partition coefficient (Wildman–Crippen LogP) is 1.44. The number of aromatic nitrogens is 1. The summed E-state index contributed by atoms with van der Waals surface area (Å²) in [6, 6.07) is 15.5. The number of carboxylic acids is 1. The van der Waals surface area contributed by atoms with Gasteiger partial charge in [0.2, 0.25) is 5.91 Å². The molecule has 9 nitrogen and oxygen atoms in total. The minimum absolute atomic E-state index is 0.0509. The van der Waals surface area contributed by atoms with Crippen molar-refractivity contribution >= 4 is 23.8 Å². The number of nitrogens with one attached hydrogen (secondary N) is 1. The van der Waals surface area contributed by atoms with Crippen molar-refractivity contribution in [3.63, 3.8) is 0 Å². The summed E-state index contributed by atoms with van der Waals surface area (Å²) in [4.78, 5) is 33.1. The number of rotatable bonds is 7. The molecule has 1 amide bonds. The molecule has 1 N–H and O–H groups in total. The van der Waals surface area contributed by atoms with Gasteiger partial charge in [0, 0.05) is 24.0 Å². The maximum atomic E-state index is 12.0. The number of aromatic carboxylic acids is 1. The first kappa shape index (κ1) is 19.5. The molecule has 0 saturated heterocycles. The van der Waals surface area contributed by atoms with Crippen LogP contribution < -0.4 is 10.5 Å². The normalized spacial score (nSPS) is 10.8. The number of hydrazone groups is 1. The molecule has 146 valence electrons. The van der Waals surface area contributed by atoms with Crippen molar-refractivity contribution in [3.8, 4) is 5.69 Å². The highest BCUT2D eigenvalue weighted by Gasteiger charge is 2.08. The lowest BCUT2D eigenvalue weighted by molar-refractivity contribution is -0.384. The Morgan fingerprint density at radius 2 is 1.86 bits per heavy atom. The van der Waals surface area contributed by atoms with Gasteiger partial charge in [-0.3, -0.25) is 14.9 Å². The van der Waals surface area contributed by atoms with Crippen molar-refractivity contribution in [3.05, 3.63) is 93.8 Å². The summed E-state index contributed by atoms with van der Waals surface area (Å²) in [5, 5.41) is 25.5. The number of nitro groups is 1. The zero-order valence-electron chi connectivity index (χ0n) is 15.0. The SMILES string of the molecule is O=C(Cc1cccc([N+](=O)[O-])c1)N/N=C\c1cccn1-c1ccc(C(=O)[O-])cc1. The second-order valence-corrected chi connectivity index (χ2v) is 6.03. The van der Waals surface area contributed by atoms with Crippen LogP contribution in [0.2, 0.25) is 0 Å². The first-order valence-corrected chi connectivity index (χ1v) is 8.48. The van der Waals surface area contributed by atoms with E-state index < -0.39 is 16.8 Å². The zero-order valence-corrected chi connectivity index (χ0v) is 15.0. The fourth-order valence-corrected chi connectivity index (χ4v) is 2.67. The lowest BCUT2D eigenvalue weighted by Crippen LogP contribution is -2.22. The van der Waals surface area contributed by atoms with E-state index >= 15 is 0 Å². The van der Waals surface area contributed by atoms with Crippen molar-refractivity contribution in [2.45, 2.75) is 6.42 Å². The Hall–Kier alpha value is -4.27. The first-order valence-electron chi connectivity index (χ1n) is 8.48. The molecule has 3 rings (SSSR count). The van der Waals surface area contributed by atoms with E-state index in [1.807, 2.05) is 0 Å². The van der Waals surface area contributed by atoms with Gasteiger partial charge in [0.15, 0.2) is 0 Å². The highest BCUT2D eigenvalue weighted by Crippen LogP contribution is 2.14. The topological polar surface area (TPSA) is 130 Å². The second-order valence-electron chi connectivity index (χ2n) is 6.03. The average molecular weight is 391 g/mol. The standard InChI is InChI=1S/C20H16N4O5/c25-19(12-14-3-1-4-17(11-14)24(28)29)22-21-13-18-5-2-10-23(18)16-8-6-15(7-9-16)20(26)27/h1-11,13H,12H2,(H,22,25)(H,26,27)/p-1/b21-13-. The molecule has 0 radical (unpaired) electrons.